The van der Waals surface area contributed by atoms with Gasteiger partial charge in [0.15, 0.2) is 0 Å². The summed E-state index contributed by atoms with van der Waals surface area (Å²) < 4.78 is 26.7. The first-order chi connectivity index (χ1) is 42.3. The second-order valence-electron chi connectivity index (χ2n) is 24.2. The van der Waals surface area contributed by atoms with Crippen LogP contribution in [0.25, 0.3) is 0 Å². The number of rotatable bonds is 63. The van der Waals surface area contributed by atoms with Gasteiger partial charge in [0.05, 0.1) is 50.8 Å². The Morgan fingerprint density at radius 1 is 0.345 bits per heavy atom. The van der Waals surface area contributed by atoms with Crippen LogP contribution in [0.1, 0.15) is 252 Å². The highest BCUT2D eigenvalue weighted by molar-refractivity contribution is 8.76. The summed E-state index contributed by atoms with van der Waals surface area (Å²) in [5.41, 5.74) is 0. The van der Waals surface area contributed by atoms with Crippen molar-refractivity contribution in [1.29, 1.82) is 0 Å². The molecule has 4 atom stereocenters. The Balaban J connectivity index is 2.46. The molecule has 512 valence electrons. The monoisotopic (exact) mass is 1280 g/mol. The lowest BCUT2D eigenvalue weighted by Crippen LogP contribution is -2.47. The van der Waals surface area contributed by atoms with Crippen molar-refractivity contribution >= 4 is 51.4 Å². The van der Waals surface area contributed by atoms with Crippen molar-refractivity contribution in [1.82, 2.24) is 19.6 Å². The Labute approximate surface area is 536 Å². The van der Waals surface area contributed by atoms with Crippen molar-refractivity contribution in [3.8, 4) is 0 Å². The van der Waals surface area contributed by atoms with Gasteiger partial charge in [-0.15, -0.1) is 0 Å². The number of carbonyl (C=O) groups is 5. The van der Waals surface area contributed by atoms with E-state index in [0.717, 1.165) is 211 Å². The Morgan fingerprint density at radius 2 is 0.621 bits per heavy atom. The van der Waals surface area contributed by atoms with Crippen molar-refractivity contribution < 1.29 is 68.1 Å². The topological polar surface area (TPSA) is 225 Å². The number of aliphatic hydroxyl groups is 4. The van der Waals surface area contributed by atoms with E-state index in [9.17, 15) is 44.4 Å². The van der Waals surface area contributed by atoms with Crippen LogP contribution < -0.4 is 0 Å². The van der Waals surface area contributed by atoms with Gasteiger partial charge in [-0.1, -0.05) is 152 Å². The van der Waals surface area contributed by atoms with E-state index in [1.54, 1.807) is 0 Å². The van der Waals surface area contributed by atoms with Gasteiger partial charge in [-0.05, 0) is 103 Å². The summed E-state index contributed by atoms with van der Waals surface area (Å²) in [6, 6.07) is 0. The highest BCUT2D eigenvalue weighted by Gasteiger charge is 2.21. The van der Waals surface area contributed by atoms with Crippen LogP contribution >= 0.6 is 21.6 Å². The zero-order valence-corrected chi connectivity index (χ0v) is 57.1. The number of esters is 5. The second-order valence-corrected chi connectivity index (χ2v) is 26.9. The summed E-state index contributed by atoms with van der Waals surface area (Å²) in [6.45, 7) is 19.4. The summed E-state index contributed by atoms with van der Waals surface area (Å²) in [7, 11) is 3.78. The molecule has 1 heterocycles. The maximum Gasteiger partial charge on any atom is 0.305 e. The second kappa shape index (κ2) is 60.0. The van der Waals surface area contributed by atoms with Crippen molar-refractivity contribution in [3.05, 3.63) is 0 Å². The van der Waals surface area contributed by atoms with Gasteiger partial charge in [-0.3, -0.25) is 43.6 Å². The van der Waals surface area contributed by atoms with Crippen LogP contribution in [-0.2, 0) is 47.7 Å². The molecule has 0 aromatic rings. The molecule has 1 aliphatic rings. The van der Waals surface area contributed by atoms with Crippen LogP contribution in [0.4, 0.5) is 0 Å². The van der Waals surface area contributed by atoms with E-state index in [-0.39, 0.29) is 36.3 Å². The fraction of sp³-hybridized carbons (Fsp3) is 0.925. The van der Waals surface area contributed by atoms with Crippen LogP contribution in [0.3, 0.4) is 0 Å². The minimum Gasteiger partial charge on any atom is -0.466 e. The number of ether oxygens (including phenoxy) is 5. The predicted molar refractivity (Wildman–Crippen MR) is 354 cm³/mol. The number of hydrogen-bond donors (Lipinski definition) is 4. The molecule has 1 aliphatic heterocycles. The number of carbonyl (C=O) groups excluding carboxylic acids is 5. The molecule has 0 aromatic heterocycles. The summed E-state index contributed by atoms with van der Waals surface area (Å²) in [6.07, 6.45) is 25.7. The molecule has 0 aliphatic carbocycles. The maximum atomic E-state index is 12.9. The summed E-state index contributed by atoms with van der Waals surface area (Å²) in [4.78, 5) is 69.8. The molecule has 1 rings (SSSR count). The van der Waals surface area contributed by atoms with Gasteiger partial charge >= 0.3 is 29.8 Å². The first-order valence-electron chi connectivity index (χ1n) is 34.9. The number of hydrogen-bond acceptors (Lipinski definition) is 20. The highest BCUT2D eigenvalue weighted by atomic mass is 33.1. The number of aliphatic hydroxyl groups excluding tert-OH is 4. The minimum atomic E-state index is -0.565. The molecule has 0 bridgehead atoms. The first kappa shape index (κ1) is 82.7. The van der Waals surface area contributed by atoms with Crippen molar-refractivity contribution in [2.24, 2.45) is 0 Å². The third-order valence-electron chi connectivity index (χ3n) is 15.9. The van der Waals surface area contributed by atoms with Crippen molar-refractivity contribution in [3.63, 3.8) is 0 Å². The summed E-state index contributed by atoms with van der Waals surface area (Å²) in [5.74, 6) is 1.26. The lowest BCUT2D eigenvalue weighted by atomic mass is 10.1. The number of unbranched alkanes of at least 4 members (excludes halogenated alkanes) is 16. The number of nitrogens with zero attached hydrogens (tertiary/aromatic N) is 4. The molecule has 0 radical (unpaired) electrons. The van der Waals surface area contributed by atoms with Gasteiger partial charge in [0, 0.05) is 109 Å². The largest absolute Gasteiger partial charge is 0.466 e. The van der Waals surface area contributed by atoms with E-state index in [0.29, 0.717) is 130 Å². The Kier molecular flexibility index (Phi) is 57.1. The predicted octanol–water partition coefficient (Wildman–Crippen LogP) is 11.5. The van der Waals surface area contributed by atoms with Gasteiger partial charge in [0.2, 0.25) is 0 Å². The fourth-order valence-corrected chi connectivity index (χ4v) is 12.5. The highest BCUT2D eigenvalue weighted by Crippen LogP contribution is 2.23. The van der Waals surface area contributed by atoms with E-state index in [1.165, 1.54) is 0 Å². The van der Waals surface area contributed by atoms with Gasteiger partial charge in [0.25, 0.3) is 0 Å². The van der Waals surface area contributed by atoms with Crippen molar-refractivity contribution in [2.75, 3.05) is 123 Å². The van der Waals surface area contributed by atoms with Crippen LogP contribution in [-0.4, -0.2) is 217 Å². The normalized spacial score (nSPS) is 14.5. The zero-order valence-electron chi connectivity index (χ0n) is 55.5. The third-order valence-corrected chi connectivity index (χ3v) is 18.3. The molecule has 0 aromatic carbocycles. The van der Waals surface area contributed by atoms with E-state index in [4.69, 9.17) is 23.7 Å². The Morgan fingerprint density at radius 3 is 0.954 bits per heavy atom. The third kappa shape index (κ3) is 54.0. The van der Waals surface area contributed by atoms with E-state index >= 15 is 0 Å². The van der Waals surface area contributed by atoms with Crippen molar-refractivity contribution in [2.45, 2.75) is 277 Å². The van der Waals surface area contributed by atoms with Crippen LogP contribution in [0, 0.1) is 0 Å². The van der Waals surface area contributed by atoms with E-state index in [2.05, 4.69) is 47.3 Å². The molecule has 1 fully saturated rings. The lowest BCUT2D eigenvalue weighted by molar-refractivity contribution is -0.145. The van der Waals surface area contributed by atoms with E-state index in [1.807, 2.05) is 21.6 Å². The molecule has 1 saturated heterocycles. The molecule has 18 nitrogen and oxygen atoms in total. The summed E-state index contributed by atoms with van der Waals surface area (Å²) >= 11 is 0. The molecule has 4 unspecified atom stereocenters. The number of piperazine rings is 1. The zero-order chi connectivity index (χ0) is 63.6. The van der Waals surface area contributed by atoms with Gasteiger partial charge < -0.3 is 44.1 Å². The van der Waals surface area contributed by atoms with Crippen LogP contribution in [0.15, 0.2) is 0 Å². The molecule has 20 heteroatoms. The van der Waals surface area contributed by atoms with Crippen LogP contribution in [0.5, 0.6) is 0 Å². The molecule has 0 spiro atoms. The lowest BCUT2D eigenvalue weighted by Gasteiger charge is -2.34. The maximum absolute atomic E-state index is 12.9. The standard InChI is InChI=1S/C67H128N4O14S2/c1-5-9-48-81-63(76)35-25-17-13-21-31-59(72)55-70(56-60(73)32-22-14-18-26-36-64(77)82-49-10-6-2)40-29-39-67(80)85-52-46-68-42-44-69(45-43-68)47-54-87-86-53-30-41-71(57-61(74)33-23-15-19-27-37-65(78)83-50-11-7-3)58-62(75)34-24-16-20-28-38-66(79)84-51-12-8-4/h59-62,72-75H,5-58H2,1-4H3. The molecule has 87 heavy (non-hydrogen) atoms. The Bertz CT molecular complexity index is 1550. The molecular weight excluding hydrogens is 1150 g/mol. The van der Waals surface area contributed by atoms with E-state index < -0.39 is 24.4 Å². The minimum absolute atomic E-state index is 0.120. The van der Waals surface area contributed by atoms with Gasteiger partial charge in [-0.2, -0.15) is 0 Å². The Hall–Kier alpha value is -2.27. The molecule has 0 saturated carbocycles. The SMILES string of the molecule is CCCCOC(=O)CCCCCCC(O)CN(CCCSSCCN1CCN(CCOC(=O)CCCN(CC(O)CCCCCCC(=O)OCCCC)CC(O)CCCCCCC(=O)OCCCC)CC1)CC(O)CCCCCCC(=O)OCCCC. The quantitative estimate of drug-likeness (QED) is 0.0192. The summed E-state index contributed by atoms with van der Waals surface area (Å²) in [5, 5.41) is 44.2. The first-order valence-corrected chi connectivity index (χ1v) is 37.4. The van der Waals surface area contributed by atoms with Crippen LogP contribution in [0.2, 0.25) is 0 Å². The molecule has 0 amide bonds. The smallest absolute Gasteiger partial charge is 0.305 e. The molecule has 4 N–H and O–H groups in total. The fourth-order valence-electron chi connectivity index (χ4n) is 10.4. The van der Waals surface area contributed by atoms with Gasteiger partial charge in [-0.25, -0.2) is 0 Å². The van der Waals surface area contributed by atoms with Gasteiger partial charge in [0.1, 0.15) is 6.61 Å². The average Bonchev–Trinajstić information content (AvgIpc) is 3.52. The average molecular weight is 1280 g/mol. The molecular formula is C67H128N4O14S2.